The van der Waals surface area contributed by atoms with Crippen LogP contribution in [0.25, 0.3) is 0 Å². The third-order valence-corrected chi connectivity index (χ3v) is 3.14. The van der Waals surface area contributed by atoms with Gasteiger partial charge in [0.15, 0.2) is 0 Å². The molecule has 0 aromatic rings. The van der Waals surface area contributed by atoms with E-state index >= 15 is 0 Å². The molecule has 2 fully saturated rings. The molecule has 0 aromatic carbocycles. The Morgan fingerprint density at radius 3 is 2.38 bits per heavy atom. The summed E-state index contributed by atoms with van der Waals surface area (Å²) in [5, 5.41) is 3.27. The van der Waals surface area contributed by atoms with Gasteiger partial charge in [-0.1, -0.05) is 0 Å². The molecule has 0 spiro atoms. The number of carbonyl (C=O) groups is 1. The van der Waals surface area contributed by atoms with Crippen LogP contribution in [-0.4, -0.2) is 42.8 Å². The molecule has 0 saturated carbocycles. The lowest BCUT2D eigenvalue weighted by atomic mass is 9.86. The Morgan fingerprint density at radius 1 is 1.31 bits per heavy atom. The maximum absolute atomic E-state index is 11.6. The fourth-order valence-corrected chi connectivity index (χ4v) is 2.18. The number of nitrogens with one attached hydrogen (secondary N) is 1. The van der Waals surface area contributed by atoms with Crippen molar-refractivity contribution in [3.63, 3.8) is 0 Å². The lowest BCUT2D eigenvalue weighted by Crippen LogP contribution is -2.54. The minimum absolute atomic E-state index is 0.157. The number of hydrogen-bond donors (Lipinski definition) is 1. The van der Waals surface area contributed by atoms with Crippen molar-refractivity contribution in [1.29, 1.82) is 0 Å². The van der Waals surface area contributed by atoms with E-state index in [1.165, 1.54) is 6.42 Å². The van der Waals surface area contributed by atoms with Crippen molar-refractivity contribution in [3.8, 4) is 0 Å². The molecule has 0 radical (unpaired) electrons. The van der Waals surface area contributed by atoms with Crippen LogP contribution in [0.1, 0.15) is 27.2 Å². The van der Waals surface area contributed by atoms with E-state index < -0.39 is 0 Å². The molecular formula is C12H22N2O2. The highest BCUT2D eigenvalue weighted by atomic mass is 16.6. The van der Waals surface area contributed by atoms with Crippen molar-refractivity contribution < 1.29 is 9.53 Å². The molecule has 0 aromatic heterocycles. The zero-order valence-corrected chi connectivity index (χ0v) is 10.5. The van der Waals surface area contributed by atoms with Gasteiger partial charge in [-0.05, 0) is 52.1 Å². The normalized spacial score (nSPS) is 22.6. The van der Waals surface area contributed by atoms with Gasteiger partial charge in [0.25, 0.3) is 0 Å². The van der Waals surface area contributed by atoms with Gasteiger partial charge >= 0.3 is 6.09 Å². The van der Waals surface area contributed by atoms with Gasteiger partial charge < -0.3 is 15.0 Å². The first-order valence-electron chi connectivity index (χ1n) is 6.13. The second kappa shape index (κ2) is 4.24. The summed E-state index contributed by atoms with van der Waals surface area (Å²) in [7, 11) is 0. The molecule has 1 amide bonds. The largest absolute Gasteiger partial charge is 0.444 e. The first-order valence-corrected chi connectivity index (χ1v) is 6.13. The van der Waals surface area contributed by atoms with Gasteiger partial charge in [0.1, 0.15) is 5.60 Å². The number of rotatable bonds is 2. The SMILES string of the molecule is CC(C)(C)OC(=O)N1CC(CC2CNC2)C1. The van der Waals surface area contributed by atoms with Crippen LogP contribution in [0.2, 0.25) is 0 Å². The van der Waals surface area contributed by atoms with Crippen LogP contribution in [0.3, 0.4) is 0 Å². The molecule has 0 atom stereocenters. The van der Waals surface area contributed by atoms with E-state index in [0.717, 1.165) is 32.1 Å². The van der Waals surface area contributed by atoms with E-state index in [2.05, 4.69) is 5.32 Å². The van der Waals surface area contributed by atoms with Crippen LogP contribution in [-0.2, 0) is 4.74 Å². The number of amides is 1. The summed E-state index contributed by atoms with van der Waals surface area (Å²) in [5.74, 6) is 1.53. The molecule has 1 N–H and O–H groups in total. The standard InChI is InChI=1S/C12H22N2O2/c1-12(2,3)16-11(15)14-7-10(8-14)4-9-5-13-6-9/h9-10,13H,4-8H2,1-3H3. The summed E-state index contributed by atoms with van der Waals surface area (Å²) >= 11 is 0. The number of nitrogens with zero attached hydrogens (tertiary/aromatic N) is 1. The summed E-state index contributed by atoms with van der Waals surface area (Å²) in [6.45, 7) is 9.79. The maximum Gasteiger partial charge on any atom is 0.410 e. The Kier molecular flexibility index (Phi) is 3.10. The van der Waals surface area contributed by atoms with Crippen molar-refractivity contribution >= 4 is 6.09 Å². The first kappa shape index (κ1) is 11.7. The van der Waals surface area contributed by atoms with E-state index in [1.807, 2.05) is 25.7 Å². The fraction of sp³-hybridized carbons (Fsp3) is 0.917. The summed E-state index contributed by atoms with van der Waals surface area (Å²) in [5.41, 5.74) is -0.375. The lowest BCUT2D eigenvalue weighted by molar-refractivity contribution is -0.00567. The molecule has 2 aliphatic heterocycles. The molecule has 2 rings (SSSR count). The Balaban J connectivity index is 1.65. The van der Waals surface area contributed by atoms with E-state index in [0.29, 0.717) is 5.92 Å². The smallest absolute Gasteiger partial charge is 0.410 e. The molecule has 2 heterocycles. The molecule has 0 unspecified atom stereocenters. The Labute approximate surface area is 97.3 Å². The predicted molar refractivity (Wildman–Crippen MR) is 62.3 cm³/mol. The predicted octanol–water partition coefficient (Wildman–Crippen LogP) is 1.46. The maximum atomic E-state index is 11.6. The first-order chi connectivity index (χ1) is 7.44. The van der Waals surface area contributed by atoms with Crippen LogP contribution in [0.4, 0.5) is 4.79 Å². The number of likely N-dealkylation sites (tertiary alicyclic amines) is 1. The third-order valence-electron chi connectivity index (χ3n) is 3.14. The van der Waals surface area contributed by atoms with Gasteiger partial charge in [0.2, 0.25) is 0 Å². The molecule has 0 aliphatic carbocycles. The van der Waals surface area contributed by atoms with Crippen molar-refractivity contribution in [3.05, 3.63) is 0 Å². The molecule has 2 saturated heterocycles. The molecule has 4 heteroatoms. The van der Waals surface area contributed by atoms with Crippen molar-refractivity contribution in [2.75, 3.05) is 26.2 Å². The van der Waals surface area contributed by atoms with Crippen LogP contribution in [0.15, 0.2) is 0 Å². The molecule has 4 nitrogen and oxygen atoms in total. The number of carbonyl (C=O) groups excluding carboxylic acids is 1. The van der Waals surface area contributed by atoms with Gasteiger partial charge in [0.05, 0.1) is 0 Å². The Morgan fingerprint density at radius 2 is 1.94 bits per heavy atom. The topological polar surface area (TPSA) is 41.6 Å². The van der Waals surface area contributed by atoms with Crippen LogP contribution in [0, 0.1) is 11.8 Å². The van der Waals surface area contributed by atoms with Gasteiger partial charge in [-0.25, -0.2) is 4.79 Å². The lowest BCUT2D eigenvalue weighted by Gasteiger charge is -2.42. The average Bonchev–Trinajstić information content (AvgIpc) is 1.93. The van der Waals surface area contributed by atoms with E-state index in [4.69, 9.17) is 4.74 Å². The third kappa shape index (κ3) is 2.88. The molecule has 0 bridgehead atoms. The van der Waals surface area contributed by atoms with Crippen LogP contribution >= 0.6 is 0 Å². The molecule has 16 heavy (non-hydrogen) atoms. The average molecular weight is 226 g/mol. The van der Waals surface area contributed by atoms with E-state index in [1.54, 1.807) is 0 Å². The van der Waals surface area contributed by atoms with Gasteiger partial charge in [-0.3, -0.25) is 0 Å². The Hall–Kier alpha value is -0.770. The van der Waals surface area contributed by atoms with E-state index in [-0.39, 0.29) is 11.7 Å². The monoisotopic (exact) mass is 226 g/mol. The van der Waals surface area contributed by atoms with E-state index in [9.17, 15) is 4.79 Å². The highest BCUT2D eigenvalue weighted by Crippen LogP contribution is 2.26. The Bertz CT molecular complexity index is 263. The summed E-state index contributed by atoms with van der Waals surface area (Å²) in [6, 6.07) is 0. The minimum Gasteiger partial charge on any atom is -0.444 e. The minimum atomic E-state index is -0.375. The van der Waals surface area contributed by atoms with Gasteiger partial charge in [-0.2, -0.15) is 0 Å². The van der Waals surface area contributed by atoms with Crippen LogP contribution < -0.4 is 5.32 Å². The van der Waals surface area contributed by atoms with Crippen molar-refractivity contribution in [2.24, 2.45) is 11.8 Å². The zero-order chi connectivity index (χ0) is 11.8. The highest BCUT2D eigenvalue weighted by Gasteiger charge is 2.35. The van der Waals surface area contributed by atoms with Gasteiger partial charge in [-0.15, -0.1) is 0 Å². The summed E-state index contributed by atoms with van der Waals surface area (Å²) in [4.78, 5) is 13.5. The molecule has 92 valence electrons. The molecule has 2 aliphatic rings. The van der Waals surface area contributed by atoms with Gasteiger partial charge in [0, 0.05) is 13.1 Å². The quantitative estimate of drug-likeness (QED) is 0.775. The second-order valence-electron chi connectivity index (χ2n) is 6.01. The number of hydrogen-bond acceptors (Lipinski definition) is 3. The highest BCUT2D eigenvalue weighted by molar-refractivity contribution is 5.69. The van der Waals surface area contributed by atoms with Crippen molar-refractivity contribution in [1.82, 2.24) is 10.2 Å². The number of ether oxygens (including phenoxy) is 1. The van der Waals surface area contributed by atoms with Crippen molar-refractivity contribution in [2.45, 2.75) is 32.8 Å². The van der Waals surface area contributed by atoms with Crippen LogP contribution in [0.5, 0.6) is 0 Å². The summed E-state index contributed by atoms with van der Waals surface area (Å²) < 4.78 is 5.31. The summed E-state index contributed by atoms with van der Waals surface area (Å²) in [6.07, 6.45) is 1.10. The zero-order valence-electron chi connectivity index (χ0n) is 10.5. The fourth-order valence-electron chi connectivity index (χ4n) is 2.18. The molecular weight excluding hydrogens is 204 g/mol. The second-order valence-corrected chi connectivity index (χ2v) is 6.01.